The molecular formula is C17H18N2O. The molecule has 2 aromatic rings. The predicted molar refractivity (Wildman–Crippen MR) is 79.7 cm³/mol. The zero-order valence-corrected chi connectivity index (χ0v) is 11.4. The first-order valence-electron chi connectivity index (χ1n) is 7.30. The Balaban J connectivity index is 1.61. The van der Waals surface area contributed by atoms with Gasteiger partial charge in [0.2, 0.25) is 0 Å². The van der Waals surface area contributed by atoms with Gasteiger partial charge in [0, 0.05) is 31.7 Å². The van der Waals surface area contributed by atoms with Gasteiger partial charge in [-0.2, -0.15) is 0 Å². The molecule has 3 nitrogen and oxygen atoms in total. The molecular weight excluding hydrogens is 248 g/mol. The van der Waals surface area contributed by atoms with Gasteiger partial charge in [-0.25, -0.2) is 0 Å². The molecule has 4 rings (SSSR count). The monoisotopic (exact) mass is 266 g/mol. The van der Waals surface area contributed by atoms with Gasteiger partial charge in [-0.1, -0.05) is 30.3 Å². The van der Waals surface area contributed by atoms with Crippen molar-refractivity contribution in [3.63, 3.8) is 0 Å². The zero-order chi connectivity index (χ0) is 13.5. The van der Waals surface area contributed by atoms with E-state index in [1.54, 1.807) is 0 Å². The summed E-state index contributed by atoms with van der Waals surface area (Å²) < 4.78 is 0. The van der Waals surface area contributed by atoms with Crippen molar-refractivity contribution >= 4 is 16.7 Å². The molecule has 2 unspecified atom stereocenters. The van der Waals surface area contributed by atoms with Gasteiger partial charge in [-0.05, 0) is 34.7 Å². The van der Waals surface area contributed by atoms with Gasteiger partial charge < -0.3 is 10.2 Å². The Bertz CT molecular complexity index is 655. The van der Waals surface area contributed by atoms with Crippen molar-refractivity contribution < 1.29 is 4.79 Å². The predicted octanol–water partition coefficient (Wildman–Crippen LogP) is 2.13. The fourth-order valence-corrected chi connectivity index (χ4v) is 3.53. The SMILES string of the molecule is O=C(c1ccc2ccccc2c1)N1CC2CNCC2C1. The minimum atomic E-state index is 0.185. The first-order valence-corrected chi connectivity index (χ1v) is 7.30. The number of hydrogen-bond acceptors (Lipinski definition) is 2. The van der Waals surface area contributed by atoms with E-state index in [9.17, 15) is 4.79 Å². The van der Waals surface area contributed by atoms with Crippen molar-refractivity contribution in [2.45, 2.75) is 0 Å². The topological polar surface area (TPSA) is 32.3 Å². The largest absolute Gasteiger partial charge is 0.338 e. The third-order valence-electron chi connectivity index (χ3n) is 4.67. The van der Waals surface area contributed by atoms with Crippen LogP contribution in [-0.2, 0) is 0 Å². The second-order valence-corrected chi connectivity index (χ2v) is 5.95. The van der Waals surface area contributed by atoms with E-state index in [0.29, 0.717) is 11.8 Å². The van der Waals surface area contributed by atoms with Crippen LogP contribution in [0.2, 0.25) is 0 Å². The summed E-state index contributed by atoms with van der Waals surface area (Å²) in [5.74, 6) is 1.49. The molecule has 3 heteroatoms. The molecule has 2 aliphatic rings. The first-order chi connectivity index (χ1) is 9.81. The highest BCUT2D eigenvalue weighted by Gasteiger charge is 2.38. The van der Waals surface area contributed by atoms with E-state index >= 15 is 0 Å². The van der Waals surface area contributed by atoms with Gasteiger partial charge in [0.25, 0.3) is 5.91 Å². The number of nitrogens with zero attached hydrogens (tertiary/aromatic N) is 1. The first kappa shape index (κ1) is 11.9. The lowest BCUT2D eigenvalue weighted by Gasteiger charge is -2.17. The normalized spacial score (nSPS) is 25.1. The molecule has 0 spiro atoms. The number of carbonyl (C=O) groups excluding carboxylic acids is 1. The van der Waals surface area contributed by atoms with Crippen molar-refractivity contribution in [2.24, 2.45) is 11.8 Å². The van der Waals surface area contributed by atoms with Crippen LogP contribution in [0.3, 0.4) is 0 Å². The maximum Gasteiger partial charge on any atom is 0.253 e. The number of fused-ring (bicyclic) bond motifs is 2. The second kappa shape index (κ2) is 4.60. The van der Waals surface area contributed by atoms with Crippen LogP contribution in [0.25, 0.3) is 10.8 Å². The maximum atomic E-state index is 12.6. The highest BCUT2D eigenvalue weighted by Crippen LogP contribution is 2.28. The summed E-state index contributed by atoms with van der Waals surface area (Å²) in [6.07, 6.45) is 0. The third-order valence-corrected chi connectivity index (χ3v) is 4.67. The van der Waals surface area contributed by atoms with Gasteiger partial charge in [0.1, 0.15) is 0 Å². The Morgan fingerprint density at radius 3 is 2.45 bits per heavy atom. The van der Waals surface area contributed by atoms with E-state index in [1.807, 2.05) is 35.2 Å². The lowest BCUT2D eigenvalue weighted by Crippen LogP contribution is -2.31. The average Bonchev–Trinajstić information content (AvgIpc) is 3.07. The molecule has 20 heavy (non-hydrogen) atoms. The standard InChI is InChI=1S/C17H18N2O/c20-17(19-10-15-8-18-9-16(15)11-19)14-6-5-12-3-1-2-4-13(12)7-14/h1-7,15-16,18H,8-11H2. The molecule has 2 heterocycles. The minimum absolute atomic E-state index is 0.185. The van der Waals surface area contributed by atoms with Crippen molar-refractivity contribution in [2.75, 3.05) is 26.2 Å². The number of carbonyl (C=O) groups is 1. The van der Waals surface area contributed by atoms with Crippen LogP contribution < -0.4 is 5.32 Å². The second-order valence-electron chi connectivity index (χ2n) is 5.95. The van der Waals surface area contributed by atoms with E-state index in [1.165, 1.54) is 5.39 Å². The molecule has 0 bridgehead atoms. The third kappa shape index (κ3) is 1.90. The molecule has 1 amide bonds. The van der Waals surface area contributed by atoms with Crippen LogP contribution in [0.15, 0.2) is 42.5 Å². The molecule has 2 fully saturated rings. The fraction of sp³-hybridized carbons (Fsp3) is 0.353. The number of rotatable bonds is 1. The molecule has 2 saturated heterocycles. The van der Waals surface area contributed by atoms with Crippen molar-refractivity contribution in [1.29, 1.82) is 0 Å². The quantitative estimate of drug-likeness (QED) is 0.857. The van der Waals surface area contributed by atoms with Crippen molar-refractivity contribution in [3.05, 3.63) is 48.0 Å². The smallest absolute Gasteiger partial charge is 0.253 e. The summed E-state index contributed by atoms with van der Waals surface area (Å²) in [7, 11) is 0. The van der Waals surface area contributed by atoms with E-state index in [0.717, 1.165) is 37.1 Å². The van der Waals surface area contributed by atoms with Crippen LogP contribution in [0.4, 0.5) is 0 Å². The Morgan fingerprint density at radius 2 is 1.70 bits per heavy atom. The molecule has 0 radical (unpaired) electrons. The molecule has 2 aromatic carbocycles. The molecule has 0 aromatic heterocycles. The Hall–Kier alpha value is -1.87. The minimum Gasteiger partial charge on any atom is -0.338 e. The van der Waals surface area contributed by atoms with Gasteiger partial charge in [0.15, 0.2) is 0 Å². The summed E-state index contributed by atoms with van der Waals surface area (Å²) >= 11 is 0. The zero-order valence-electron chi connectivity index (χ0n) is 11.4. The van der Waals surface area contributed by atoms with E-state index in [2.05, 4.69) is 17.4 Å². The van der Waals surface area contributed by atoms with Crippen molar-refractivity contribution in [3.8, 4) is 0 Å². The van der Waals surface area contributed by atoms with Crippen LogP contribution >= 0.6 is 0 Å². The Kier molecular flexibility index (Phi) is 2.74. The molecule has 0 saturated carbocycles. The fourth-order valence-electron chi connectivity index (χ4n) is 3.53. The molecule has 2 aliphatic heterocycles. The molecule has 2 atom stereocenters. The average molecular weight is 266 g/mol. The summed E-state index contributed by atoms with van der Waals surface area (Å²) in [4.78, 5) is 14.7. The van der Waals surface area contributed by atoms with Crippen molar-refractivity contribution in [1.82, 2.24) is 10.2 Å². The summed E-state index contributed by atoms with van der Waals surface area (Å²) in [5, 5.41) is 5.73. The Labute approximate surface area is 118 Å². The highest BCUT2D eigenvalue weighted by atomic mass is 16.2. The summed E-state index contributed by atoms with van der Waals surface area (Å²) in [5.41, 5.74) is 0.816. The number of amides is 1. The van der Waals surface area contributed by atoms with Gasteiger partial charge >= 0.3 is 0 Å². The number of likely N-dealkylation sites (tertiary alicyclic amines) is 1. The Morgan fingerprint density at radius 1 is 1.00 bits per heavy atom. The van der Waals surface area contributed by atoms with Gasteiger partial charge in [-0.15, -0.1) is 0 Å². The van der Waals surface area contributed by atoms with E-state index in [4.69, 9.17) is 0 Å². The van der Waals surface area contributed by atoms with Crippen LogP contribution in [0.1, 0.15) is 10.4 Å². The lowest BCUT2D eigenvalue weighted by molar-refractivity contribution is 0.0782. The molecule has 1 N–H and O–H groups in total. The lowest BCUT2D eigenvalue weighted by atomic mass is 10.0. The van der Waals surface area contributed by atoms with Gasteiger partial charge in [-0.3, -0.25) is 4.79 Å². The van der Waals surface area contributed by atoms with E-state index < -0.39 is 0 Å². The molecule has 0 aliphatic carbocycles. The summed E-state index contributed by atoms with van der Waals surface area (Å²) in [6.45, 7) is 3.94. The maximum absolute atomic E-state index is 12.6. The number of hydrogen-bond donors (Lipinski definition) is 1. The van der Waals surface area contributed by atoms with Crippen LogP contribution in [-0.4, -0.2) is 37.0 Å². The highest BCUT2D eigenvalue weighted by molar-refractivity contribution is 5.98. The van der Waals surface area contributed by atoms with Crippen LogP contribution in [0, 0.1) is 11.8 Å². The number of nitrogens with one attached hydrogen (secondary N) is 1. The summed E-state index contributed by atoms with van der Waals surface area (Å²) in [6, 6.07) is 14.2. The number of benzene rings is 2. The van der Waals surface area contributed by atoms with Crippen LogP contribution in [0.5, 0.6) is 0 Å². The molecule has 102 valence electrons. The van der Waals surface area contributed by atoms with E-state index in [-0.39, 0.29) is 5.91 Å². The van der Waals surface area contributed by atoms with Gasteiger partial charge in [0.05, 0.1) is 0 Å².